The fraction of sp³-hybridized carbons (Fsp3) is 0.167. The number of hydrogen-bond acceptors (Lipinski definition) is 3. The van der Waals surface area contributed by atoms with Crippen molar-refractivity contribution >= 4 is 33.2 Å². The van der Waals surface area contributed by atoms with Crippen molar-refractivity contribution < 1.29 is 9.18 Å². The highest BCUT2D eigenvalue weighted by Crippen LogP contribution is 2.18. The van der Waals surface area contributed by atoms with E-state index in [0.717, 1.165) is 5.01 Å². The van der Waals surface area contributed by atoms with Gasteiger partial charge in [-0.2, -0.15) is 0 Å². The number of nitrogens with one attached hydrogen (secondary N) is 1. The van der Waals surface area contributed by atoms with E-state index < -0.39 is 11.7 Å². The van der Waals surface area contributed by atoms with Crippen LogP contribution in [0.25, 0.3) is 0 Å². The number of carbonyl (C=O) groups excluding carboxylic acids is 1. The summed E-state index contributed by atoms with van der Waals surface area (Å²) in [6.07, 6.45) is 1.67. The first-order chi connectivity index (χ1) is 8.58. The van der Waals surface area contributed by atoms with Gasteiger partial charge in [-0.15, -0.1) is 11.3 Å². The molecule has 1 amide bonds. The average molecular weight is 329 g/mol. The molecule has 0 bridgehead atoms. The molecular formula is C12H10BrFN2OS. The standard InChI is InChI=1S/C12H10BrFN2OS/c1-7(12-15-4-5-18-12)16-11(17)9-3-2-8(13)6-10(9)14/h2-7H,1H3,(H,16,17). The molecule has 0 fully saturated rings. The molecule has 18 heavy (non-hydrogen) atoms. The fourth-order valence-electron chi connectivity index (χ4n) is 1.46. The third-order valence-corrected chi connectivity index (χ3v) is 3.80. The lowest BCUT2D eigenvalue weighted by molar-refractivity contribution is 0.0935. The van der Waals surface area contributed by atoms with Gasteiger partial charge in [0.2, 0.25) is 0 Å². The van der Waals surface area contributed by atoms with Crippen molar-refractivity contribution in [3.8, 4) is 0 Å². The molecule has 1 N–H and O–H groups in total. The summed E-state index contributed by atoms with van der Waals surface area (Å²) in [5.41, 5.74) is 0.0293. The van der Waals surface area contributed by atoms with E-state index in [9.17, 15) is 9.18 Å². The van der Waals surface area contributed by atoms with Gasteiger partial charge in [0.25, 0.3) is 5.91 Å². The van der Waals surface area contributed by atoms with Crippen LogP contribution in [0.3, 0.4) is 0 Å². The molecule has 1 atom stereocenters. The van der Waals surface area contributed by atoms with Gasteiger partial charge in [0.15, 0.2) is 0 Å². The molecule has 0 radical (unpaired) electrons. The summed E-state index contributed by atoms with van der Waals surface area (Å²) in [6, 6.07) is 4.11. The molecule has 2 rings (SSSR count). The second-order valence-corrected chi connectivity index (χ2v) is 5.53. The lowest BCUT2D eigenvalue weighted by Gasteiger charge is -2.11. The Morgan fingerprint density at radius 2 is 2.33 bits per heavy atom. The van der Waals surface area contributed by atoms with Crippen LogP contribution in [0.15, 0.2) is 34.2 Å². The van der Waals surface area contributed by atoms with Gasteiger partial charge < -0.3 is 5.32 Å². The average Bonchev–Trinajstić information content (AvgIpc) is 2.81. The second kappa shape index (κ2) is 5.58. The summed E-state index contributed by atoms with van der Waals surface area (Å²) in [5, 5.41) is 5.34. The number of nitrogens with zero attached hydrogens (tertiary/aromatic N) is 1. The smallest absolute Gasteiger partial charge is 0.254 e. The molecule has 6 heteroatoms. The SMILES string of the molecule is CC(NC(=O)c1ccc(Br)cc1F)c1nccs1. The summed E-state index contributed by atoms with van der Waals surface area (Å²) in [6.45, 7) is 1.81. The van der Waals surface area contributed by atoms with Gasteiger partial charge in [-0.25, -0.2) is 9.37 Å². The van der Waals surface area contributed by atoms with Crippen LogP contribution >= 0.6 is 27.3 Å². The quantitative estimate of drug-likeness (QED) is 0.936. The molecule has 94 valence electrons. The van der Waals surface area contributed by atoms with Crippen molar-refractivity contribution in [3.05, 3.63) is 50.6 Å². The number of carbonyl (C=O) groups is 1. The Hall–Kier alpha value is -1.27. The maximum Gasteiger partial charge on any atom is 0.254 e. The van der Waals surface area contributed by atoms with Crippen molar-refractivity contribution in [2.75, 3.05) is 0 Å². The Kier molecular flexibility index (Phi) is 4.08. The molecule has 0 aliphatic rings. The fourth-order valence-corrected chi connectivity index (χ4v) is 2.44. The van der Waals surface area contributed by atoms with Gasteiger partial charge in [-0.3, -0.25) is 4.79 Å². The van der Waals surface area contributed by atoms with Crippen molar-refractivity contribution in [2.24, 2.45) is 0 Å². The van der Waals surface area contributed by atoms with Crippen LogP contribution in [0.5, 0.6) is 0 Å². The first kappa shape index (κ1) is 13.2. The van der Waals surface area contributed by atoms with Gasteiger partial charge in [-0.1, -0.05) is 15.9 Å². The highest BCUT2D eigenvalue weighted by molar-refractivity contribution is 9.10. The van der Waals surface area contributed by atoms with Crippen LogP contribution in [-0.2, 0) is 0 Å². The molecule has 0 aliphatic carbocycles. The summed E-state index contributed by atoms with van der Waals surface area (Å²) in [4.78, 5) is 16.0. The minimum absolute atomic E-state index is 0.0293. The van der Waals surface area contributed by atoms with Crippen LogP contribution in [0, 0.1) is 5.82 Å². The highest BCUT2D eigenvalue weighted by atomic mass is 79.9. The van der Waals surface area contributed by atoms with E-state index in [-0.39, 0.29) is 11.6 Å². The van der Waals surface area contributed by atoms with Gasteiger partial charge in [0.05, 0.1) is 11.6 Å². The van der Waals surface area contributed by atoms with Crippen LogP contribution < -0.4 is 5.32 Å². The summed E-state index contributed by atoms with van der Waals surface area (Å²) >= 11 is 4.60. The predicted octanol–water partition coefficient (Wildman–Crippen LogP) is 3.54. The zero-order valence-corrected chi connectivity index (χ0v) is 11.9. The van der Waals surface area contributed by atoms with Crippen LogP contribution in [0.2, 0.25) is 0 Å². The van der Waals surface area contributed by atoms with Crippen molar-refractivity contribution in [3.63, 3.8) is 0 Å². The largest absolute Gasteiger partial charge is 0.343 e. The zero-order chi connectivity index (χ0) is 13.1. The van der Waals surface area contributed by atoms with Crippen molar-refractivity contribution in [2.45, 2.75) is 13.0 Å². The summed E-state index contributed by atoms with van der Waals surface area (Å²) < 4.78 is 14.2. The van der Waals surface area contributed by atoms with Gasteiger partial charge in [-0.05, 0) is 25.1 Å². The van der Waals surface area contributed by atoms with E-state index in [1.165, 1.54) is 23.5 Å². The van der Waals surface area contributed by atoms with Gasteiger partial charge >= 0.3 is 0 Å². The molecule has 0 saturated carbocycles. The number of thiazole rings is 1. The number of benzene rings is 1. The lowest BCUT2D eigenvalue weighted by Crippen LogP contribution is -2.27. The minimum Gasteiger partial charge on any atom is -0.343 e. The molecule has 1 unspecified atom stereocenters. The first-order valence-electron chi connectivity index (χ1n) is 5.23. The van der Waals surface area contributed by atoms with E-state index in [0.29, 0.717) is 4.47 Å². The van der Waals surface area contributed by atoms with Crippen molar-refractivity contribution in [1.29, 1.82) is 0 Å². The Morgan fingerprint density at radius 3 is 2.94 bits per heavy atom. The van der Waals surface area contributed by atoms with Crippen LogP contribution in [0.1, 0.15) is 28.3 Å². The number of hydrogen-bond donors (Lipinski definition) is 1. The first-order valence-corrected chi connectivity index (χ1v) is 6.90. The Labute approximate surface area is 116 Å². The third kappa shape index (κ3) is 2.94. The zero-order valence-electron chi connectivity index (χ0n) is 9.48. The molecule has 0 saturated heterocycles. The molecule has 0 aliphatic heterocycles. The topological polar surface area (TPSA) is 42.0 Å². The van der Waals surface area contributed by atoms with E-state index in [1.54, 1.807) is 12.3 Å². The molecule has 1 heterocycles. The number of aromatic nitrogens is 1. The maximum absolute atomic E-state index is 13.6. The van der Waals surface area contributed by atoms with E-state index in [2.05, 4.69) is 26.2 Å². The third-order valence-electron chi connectivity index (χ3n) is 2.35. The molecule has 2 aromatic rings. The Bertz CT molecular complexity index is 559. The maximum atomic E-state index is 13.6. The van der Waals surface area contributed by atoms with E-state index in [1.807, 2.05) is 12.3 Å². The Morgan fingerprint density at radius 1 is 1.56 bits per heavy atom. The van der Waals surface area contributed by atoms with Gasteiger partial charge in [0, 0.05) is 16.0 Å². The predicted molar refractivity (Wildman–Crippen MR) is 72.1 cm³/mol. The minimum atomic E-state index is -0.548. The van der Waals surface area contributed by atoms with E-state index >= 15 is 0 Å². The Balaban J connectivity index is 2.12. The highest BCUT2D eigenvalue weighted by Gasteiger charge is 2.16. The summed E-state index contributed by atoms with van der Waals surface area (Å²) in [7, 11) is 0. The molecule has 3 nitrogen and oxygen atoms in total. The van der Waals surface area contributed by atoms with E-state index in [4.69, 9.17) is 0 Å². The normalized spacial score (nSPS) is 12.2. The molecule has 0 spiro atoms. The van der Waals surface area contributed by atoms with Crippen LogP contribution in [0.4, 0.5) is 4.39 Å². The molecule has 1 aromatic heterocycles. The number of rotatable bonds is 3. The second-order valence-electron chi connectivity index (χ2n) is 3.69. The van der Waals surface area contributed by atoms with Crippen LogP contribution in [-0.4, -0.2) is 10.9 Å². The van der Waals surface area contributed by atoms with Crippen molar-refractivity contribution in [1.82, 2.24) is 10.3 Å². The monoisotopic (exact) mass is 328 g/mol. The number of halogens is 2. The summed E-state index contributed by atoms with van der Waals surface area (Å²) in [5.74, 6) is -0.990. The lowest BCUT2D eigenvalue weighted by atomic mass is 10.2. The van der Waals surface area contributed by atoms with Gasteiger partial charge in [0.1, 0.15) is 10.8 Å². The number of amides is 1. The molecule has 1 aromatic carbocycles. The molecular weight excluding hydrogens is 319 g/mol.